The zero-order valence-electron chi connectivity index (χ0n) is 12.2. The Kier molecular flexibility index (Phi) is 7.77. The van der Waals surface area contributed by atoms with Crippen molar-refractivity contribution in [3.63, 3.8) is 0 Å². The number of hydrogen-bond acceptors (Lipinski definition) is 5. The number of benzene rings is 1. The Morgan fingerprint density at radius 2 is 1.91 bits per heavy atom. The molecule has 0 N–H and O–H groups in total. The summed E-state index contributed by atoms with van der Waals surface area (Å²) in [6, 6.07) is 4.61. The maximum atomic E-state index is 12.1. The van der Waals surface area contributed by atoms with Crippen molar-refractivity contribution in [2.45, 2.75) is 13.8 Å². The number of rotatable bonds is 8. The summed E-state index contributed by atoms with van der Waals surface area (Å²) in [5, 5.41) is 0.721. The molecule has 0 spiro atoms. The summed E-state index contributed by atoms with van der Waals surface area (Å²) in [5.41, 5.74) is -0.214. The van der Waals surface area contributed by atoms with Gasteiger partial charge in [-0.15, -0.1) is 0 Å². The van der Waals surface area contributed by atoms with Crippen molar-refractivity contribution >= 4 is 35.0 Å². The van der Waals surface area contributed by atoms with Gasteiger partial charge in [0, 0.05) is 5.02 Å². The molecule has 0 radical (unpaired) electrons. The monoisotopic (exact) mass is 346 g/mol. The molecule has 1 rings (SSSR count). The van der Waals surface area contributed by atoms with E-state index in [9.17, 15) is 9.59 Å². The molecule has 1 aromatic carbocycles. The predicted octanol–water partition coefficient (Wildman–Crippen LogP) is 3.42. The Bertz CT molecular complexity index is 569. The molecule has 0 amide bonds. The molecule has 0 fully saturated rings. The van der Waals surface area contributed by atoms with Gasteiger partial charge in [-0.1, -0.05) is 23.2 Å². The quantitative estimate of drug-likeness (QED) is 0.237. The van der Waals surface area contributed by atoms with Crippen molar-refractivity contribution in [3.8, 4) is 5.75 Å². The molecule has 0 atom stereocenters. The Morgan fingerprint density at radius 1 is 1.18 bits per heavy atom. The lowest BCUT2D eigenvalue weighted by atomic mass is 10.2. The molecule has 0 aliphatic heterocycles. The van der Waals surface area contributed by atoms with Crippen LogP contribution in [0, 0.1) is 0 Å². The van der Waals surface area contributed by atoms with Gasteiger partial charge in [-0.05, 0) is 32.0 Å². The number of Topliss-reactive ketones (excluding diaryl/α,β-unsaturated/α-hetero) is 1. The molecule has 0 aliphatic carbocycles. The summed E-state index contributed by atoms with van der Waals surface area (Å²) in [6.45, 7) is 3.47. The molecule has 0 aromatic heterocycles. The molecule has 7 heteroatoms. The molecular formula is C15H16Cl2O5. The highest BCUT2D eigenvalue weighted by atomic mass is 35.5. The fourth-order valence-electron chi connectivity index (χ4n) is 1.42. The fourth-order valence-corrected chi connectivity index (χ4v) is 1.88. The van der Waals surface area contributed by atoms with E-state index in [0.717, 1.165) is 6.26 Å². The highest BCUT2D eigenvalue weighted by molar-refractivity contribution is 6.35. The zero-order chi connectivity index (χ0) is 16.5. The Balaban J connectivity index is 2.76. The average molecular weight is 347 g/mol. The first-order valence-electron chi connectivity index (χ1n) is 6.59. The highest BCUT2D eigenvalue weighted by Crippen LogP contribution is 2.27. The maximum Gasteiger partial charge on any atom is 0.345 e. The SMILES string of the molecule is CCOC=C(C(=O)COc1ccc(Cl)cc1Cl)C(=O)OCC. The minimum Gasteiger partial charge on any atom is -0.500 e. The number of esters is 1. The molecule has 5 nitrogen and oxygen atoms in total. The zero-order valence-corrected chi connectivity index (χ0v) is 13.7. The van der Waals surface area contributed by atoms with Crippen LogP contribution < -0.4 is 4.74 Å². The number of carbonyl (C=O) groups excluding carboxylic acids is 2. The number of hydrogen-bond donors (Lipinski definition) is 0. The topological polar surface area (TPSA) is 61.8 Å². The standard InChI is InChI=1S/C15H16Cl2O5/c1-3-20-8-11(15(19)21-4-2)13(18)9-22-14-6-5-10(16)7-12(14)17/h5-8H,3-4,9H2,1-2H3. The molecule has 0 aliphatic rings. The predicted molar refractivity (Wildman–Crippen MR) is 83.3 cm³/mol. The lowest BCUT2D eigenvalue weighted by molar-refractivity contribution is -0.140. The summed E-state index contributed by atoms with van der Waals surface area (Å²) in [7, 11) is 0. The third-order valence-electron chi connectivity index (χ3n) is 2.42. The Labute approximate surface area is 138 Å². The van der Waals surface area contributed by atoms with Crippen molar-refractivity contribution in [2.24, 2.45) is 0 Å². The van der Waals surface area contributed by atoms with E-state index in [2.05, 4.69) is 0 Å². The van der Waals surface area contributed by atoms with Gasteiger partial charge in [0.25, 0.3) is 0 Å². The third kappa shape index (κ3) is 5.58. The third-order valence-corrected chi connectivity index (χ3v) is 2.95. The molecule has 120 valence electrons. The summed E-state index contributed by atoms with van der Waals surface area (Å²) in [6.07, 6.45) is 1.08. The van der Waals surface area contributed by atoms with E-state index in [0.29, 0.717) is 17.4 Å². The van der Waals surface area contributed by atoms with Gasteiger partial charge in [0.15, 0.2) is 6.61 Å². The van der Waals surface area contributed by atoms with Crippen LogP contribution in [0.15, 0.2) is 30.0 Å². The minimum atomic E-state index is -0.758. The fraction of sp³-hybridized carbons (Fsp3) is 0.333. The van der Waals surface area contributed by atoms with Crippen LogP contribution in [0.4, 0.5) is 0 Å². The van der Waals surface area contributed by atoms with Crippen LogP contribution in [0.25, 0.3) is 0 Å². The largest absolute Gasteiger partial charge is 0.500 e. The van der Waals surface area contributed by atoms with Gasteiger partial charge in [-0.2, -0.15) is 0 Å². The summed E-state index contributed by atoms with van der Waals surface area (Å²) < 4.78 is 15.1. The molecule has 0 unspecified atom stereocenters. The molecule has 0 bridgehead atoms. The smallest absolute Gasteiger partial charge is 0.345 e. The highest BCUT2D eigenvalue weighted by Gasteiger charge is 2.21. The summed E-state index contributed by atoms with van der Waals surface area (Å²) >= 11 is 11.7. The Morgan fingerprint density at radius 3 is 2.50 bits per heavy atom. The van der Waals surface area contributed by atoms with Crippen LogP contribution in [0.3, 0.4) is 0 Å². The minimum absolute atomic E-state index is 0.152. The van der Waals surface area contributed by atoms with Crippen molar-refractivity contribution < 1.29 is 23.8 Å². The molecule has 0 saturated carbocycles. The van der Waals surface area contributed by atoms with E-state index >= 15 is 0 Å². The van der Waals surface area contributed by atoms with Crippen LogP contribution in [-0.2, 0) is 19.1 Å². The van der Waals surface area contributed by atoms with E-state index < -0.39 is 11.8 Å². The lowest BCUT2D eigenvalue weighted by Gasteiger charge is -2.09. The van der Waals surface area contributed by atoms with Gasteiger partial charge in [-0.25, -0.2) is 4.79 Å². The molecule has 1 aromatic rings. The second kappa shape index (κ2) is 9.33. The number of halogens is 2. The number of carbonyl (C=O) groups is 2. The maximum absolute atomic E-state index is 12.1. The number of ketones is 1. The molecule has 0 saturated heterocycles. The lowest BCUT2D eigenvalue weighted by Crippen LogP contribution is -2.22. The van der Waals surface area contributed by atoms with Crippen LogP contribution in [0.1, 0.15) is 13.8 Å². The normalized spacial score (nSPS) is 11.0. The van der Waals surface area contributed by atoms with Crippen molar-refractivity contribution in [1.82, 2.24) is 0 Å². The molecule has 0 heterocycles. The van der Waals surface area contributed by atoms with Crippen LogP contribution in [-0.4, -0.2) is 31.6 Å². The first-order valence-corrected chi connectivity index (χ1v) is 7.35. The van der Waals surface area contributed by atoms with E-state index in [1.807, 2.05) is 0 Å². The van der Waals surface area contributed by atoms with Gasteiger partial charge in [-0.3, -0.25) is 4.79 Å². The summed E-state index contributed by atoms with van der Waals surface area (Å²) in [4.78, 5) is 23.8. The van der Waals surface area contributed by atoms with E-state index in [4.69, 9.17) is 37.4 Å². The second-order valence-corrected chi connectivity index (χ2v) is 4.84. The van der Waals surface area contributed by atoms with Crippen molar-refractivity contribution in [2.75, 3.05) is 19.8 Å². The number of ether oxygens (including phenoxy) is 3. The van der Waals surface area contributed by atoms with E-state index in [1.54, 1.807) is 19.9 Å². The summed E-state index contributed by atoms with van der Waals surface area (Å²) in [5.74, 6) is -1.04. The van der Waals surface area contributed by atoms with Crippen LogP contribution in [0.2, 0.25) is 10.0 Å². The van der Waals surface area contributed by atoms with Gasteiger partial charge in [0.2, 0.25) is 5.78 Å². The van der Waals surface area contributed by atoms with Crippen molar-refractivity contribution in [1.29, 1.82) is 0 Å². The van der Waals surface area contributed by atoms with Gasteiger partial charge >= 0.3 is 5.97 Å². The van der Waals surface area contributed by atoms with E-state index in [1.165, 1.54) is 12.1 Å². The van der Waals surface area contributed by atoms with Crippen LogP contribution in [0.5, 0.6) is 5.75 Å². The van der Waals surface area contributed by atoms with Crippen molar-refractivity contribution in [3.05, 3.63) is 40.1 Å². The average Bonchev–Trinajstić information content (AvgIpc) is 2.47. The van der Waals surface area contributed by atoms with Crippen LogP contribution >= 0.6 is 23.2 Å². The van der Waals surface area contributed by atoms with Gasteiger partial charge in [0.1, 0.15) is 17.6 Å². The molecular weight excluding hydrogens is 331 g/mol. The Hall–Kier alpha value is -1.72. The van der Waals surface area contributed by atoms with E-state index in [-0.39, 0.29) is 23.8 Å². The second-order valence-electron chi connectivity index (χ2n) is 3.99. The first-order chi connectivity index (χ1) is 10.5. The first kappa shape index (κ1) is 18.3. The molecule has 22 heavy (non-hydrogen) atoms. The van der Waals surface area contributed by atoms with Gasteiger partial charge < -0.3 is 14.2 Å². The van der Waals surface area contributed by atoms with Gasteiger partial charge in [0.05, 0.1) is 18.2 Å².